The first-order valence-corrected chi connectivity index (χ1v) is 5.88. The van der Waals surface area contributed by atoms with E-state index in [1.54, 1.807) is 7.11 Å². The summed E-state index contributed by atoms with van der Waals surface area (Å²) in [6.07, 6.45) is 3.10. The highest BCUT2D eigenvalue weighted by Crippen LogP contribution is 2.40. The van der Waals surface area contributed by atoms with E-state index in [9.17, 15) is 4.79 Å². The molecule has 3 nitrogen and oxygen atoms in total. The Morgan fingerprint density at radius 1 is 1.53 bits per heavy atom. The Labute approximate surface area is 102 Å². The van der Waals surface area contributed by atoms with E-state index < -0.39 is 0 Å². The van der Waals surface area contributed by atoms with Gasteiger partial charge >= 0.3 is 0 Å². The number of hydrogen-bond acceptors (Lipinski definition) is 3. The van der Waals surface area contributed by atoms with Crippen molar-refractivity contribution in [1.29, 1.82) is 0 Å². The molecular formula is C14H18O3. The van der Waals surface area contributed by atoms with E-state index in [2.05, 4.69) is 0 Å². The van der Waals surface area contributed by atoms with Crippen molar-refractivity contribution in [2.45, 2.75) is 38.7 Å². The van der Waals surface area contributed by atoms with E-state index in [1.165, 1.54) is 0 Å². The van der Waals surface area contributed by atoms with Gasteiger partial charge in [-0.25, -0.2) is 0 Å². The molecule has 0 radical (unpaired) electrons. The number of ether oxygens (including phenoxy) is 2. The Morgan fingerprint density at radius 3 is 2.94 bits per heavy atom. The summed E-state index contributed by atoms with van der Waals surface area (Å²) < 4.78 is 11.3. The predicted octanol–water partition coefficient (Wildman–Crippen LogP) is 2.68. The quantitative estimate of drug-likeness (QED) is 0.754. The topological polar surface area (TPSA) is 35.5 Å². The van der Waals surface area contributed by atoms with Crippen LogP contribution in [0.4, 0.5) is 0 Å². The lowest BCUT2D eigenvalue weighted by atomic mass is 9.89. The van der Waals surface area contributed by atoms with Crippen molar-refractivity contribution < 1.29 is 14.3 Å². The van der Waals surface area contributed by atoms with Crippen LogP contribution in [0.2, 0.25) is 0 Å². The van der Waals surface area contributed by atoms with E-state index in [4.69, 9.17) is 9.47 Å². The molecule has 0 N–H and O–H groups in total. The van der Waals surface area contributed by atoms with E-state index in [0.29, 0.717) is 6.42 Å². The number of aldehydes is 1. The van der Waals surface area contributed by atoms with Crippen LogP contribution in [0.15, 0.2) is 12.1 Å². The average molecular weight is 234 g/mol. The summed E-state index contributed by atoms with van der Waals surface area (Å²) in [7, 11) is 1.67. The van der Waals surface area contributed by atoms with Gasteiger partial charge in [0.15, 0.2) is 0 Å². The van der Waals surface area contributed by atoms with Crippen molar-refractivity contribution in [1.82, 2.24) is 0 Å². The SMILES string of the molecule is COc1cc(C)cc2c1CC[C@@](C)(CC=O)O2. The fourth-order valence-corrected chi connectivity index (χ4v) is 2.30. The number of carbonyl (C=O) groups excluding carboxylic acids is 1. The average Bonchev–Trinajstić information content (AvgIpc) is 2.27. The van der Waals surface area contributed by atoms with Gasteiger partial charge in [-0.1, -0.05) is 0 Å². The van der Waals surface area contributed by atoms with Crippen molar-refractivity contribution in [3.8, 4) is 11.5 Å². The number of methoxy groups -OCH3 is 1. The molecule has 0 aliphatic carbocycles. The summed E-state index contributed by atoms with van der Waals surface area (Å²) >= 11 is 0. The maximum absolute atomic E-state index is 10.7. The third kappa shape index (κ3) is 2.28. The minimum atomic E-state index is -0.368. The van der Waals surface area contributed by atoms with Crippen molar-refractivity contribution in [2.24, 2.45) is 0 Å². The maximum atomic E-state index is 10.7. The molecule has 1 aliphatic rings. The largest absolute Gasteiger partial charge is 0.496 e. The maximum Gasteiger partial charge on any atom is 0.127 e. The van der Waals surface area contributed by atoms with Gasteiger partial charge in [-0.15, -0.1) is 0 Å². The fraction of sp³-hybridized carbons (Fsp3) is 0.500. The van der Waals surface area contributed by atoms with Crippen LogP contribution in [0.1, 0.15) is 30.9 Å². The van der Waals surface area contributed by atoms with Crippen molar-refractivity contribution in [3.63, 3.8) is 0 Å². The zero-order chi connectivity index (χ0) is 12.5. The molecule has 17 heavy (non-hydrogen) atoms. The second-order valence-electron chi connectivity index (χ2n) is 4.87. The first kappa shape index (κ1) is 12.0. The van der Waals surface area contributed by atoms with E-state index in [0.717, 1.165) is 41.8 Å². The summed E-state index contributed by atoms with van der Waals surface area (Å²) in [5.74, 6) is 1.74. The number of fused-ring (bicyclic) bond motifs is 1. The number of hydrogen-bond donors (Lipinski definition) is 0. The Morgan fingerprint density at radius 2 is 2.29 bits per heavy atom. The van der Waals surface area contributed by atoms with Crippen molar-refractivity contribution in [2.75, 3.05) is 7.11 Å². The van der Waals surface area contributed by atoms with Crippen molar-refractivity contribution >= 4 is 6.29 Å². The molecular weight excluding hydrogens is 216 g/mol. The molecule has 1 aliphatic heterocycles. The van der Waals surface area contributed by atoms with Gasteiger partial charge in [0.1, 0.15) is 23.4 Å². The Balaban J connectivity index is 2.38. The van der Waals surface area contributed by atoms with Crippen LogP contribution in [0.25, 0.3) is 0 Å². The molecule has 0 spiro atoms. The molecule has 0 saturated heterocycles. The molecule has 2 rings (SSSR count). The van der Waals surface area contributed by atoms with Gasteiger partial charge in [0.25, 0.3) is 0 Å². The van der Waals surface area contributed by atoms with Crippen LogP contribution >= 0.6 is 0 Å². The molecule has 1 atom stereocenters. The summed E-state index contributed by atoms with van der Waals surface area (Å²) in [5, 5.41) is 0. The highest BCUT2D eigenvalue weighted by atomic mass is 16.5. The third-order valence-corrected chi connectivity index (χ3v) is 3.31. The molecule has 1 heterocycles. The van der Waals surface area contributed by atoms with Gasteiger partial charge in [0.05, 0.1) is 7.11 Å². The molecule has 1 aromatic rings. The number of benzene rings is 1. The molecule has 1 aromatic carbocycles. The Bertz CT molecular complexity index is 439. The Kier molecular flexibility index (Phi) is 3.09. The van der Waals surface area contributed by atoms with E-state index in [1.807, 2.05) is 26.0 Å². The lowest BCUT2D eigenvalue weighted by molar-refractivity contribution is -0.111. The molecule has 92 valence electrons. The minimum Gasteiger partial charge on any atom is -0.496 e. The fourth-order valence-electron chi connectivity index (χ4n) is 2.30. The van der Waals surface area contributed by atoms with E-state index >= 15 is 0 Å². The highest BCUT2D eigenvalue weighted by molar-refractivity contribution is 5.54. The summed E-state index contributed by atoms with van der Waals surface area (Å²) in [4.78, 5) is 10.7. The second-order valence-corrected chi connectivity index (χ2v) is 4.87. The third-order valence-electron chi connectivity index (χ3n) is 3.31. The summed E-state index contributed by atoms with van der Waals surface area (Å²) in [6, 6.07) is 4.03. The van der Waals surface area contributed by atoms with Gasteiger partial charge in [-0.05, 0) is 44.4 Å². The van der Waals surface area contributed by atoms with Crippen LogP contribution < -0.4 is 9.47 Å². The van der Waals surface area contributed by atoms with Crippen LogP contribution in [-0.4, -0.2) is 19.0 Å². The summed E-state index contributed by atoms with van der Waals surface area (Å²) in [5.41, 5.74) is 1.85. The second kappa shape index (κ2) is 4.40. The minimum absolute atomic E-state index is 0.368. The van der Waals surface area contributed by atoms with Gasteiger partial charge in [-0.2, -0.15) is 0 Å². The number of rotatable bonds is 3. The zero-order valence-electron chi connectivity index (χ0n) is 10.6. The normalized spacial score (nSPS) is 22.5. The predicted molar refractivity (Wildman–Crippen MR) is 65.8 cm³/mol. The summed E-state index contributed by atoms with van der Waals surface area (Å²) in [6.45, 7) is 4.00. The smallest absolute Gasteiger partial charge is 0.127 e. The highest BCUT2D eigenvalue weighted by Gasteiger charge is 2.32. The Hall–Kier alpha value is -1.51. The van der Waals surface area contributed by atoms with Crippen LogP contribution in [0.3, 0.4) is 0 Å². The first-order valence-electron chi connectivity index (χ1n) is 5.88. The number of carbonyl (C=O) groups is 1. The van der Waals surface area contributed by atoms with Gasteiger partial charge in [0.2, 0.25) is 0 Å². The molecule has 3 heteroatoms. The van der Waals surface area contributed by atoms with Crippen molar-refractivity contribution in [3.05, 3.63) is 23.3 Å². The van der Waals surface area contributed by atoms with Gasteiger partial charge < -0.3 is 14.3 Å². The standard InChI is InChI=1S/C14H18O3/c1-10-8-12(16-3)11-4-5-14(2,6-7-15)17-13(11)9-10/h7-9H,4-6H2,1-3H3/t14-/m0/s1. The molecule has 0 bridgehead atoms. The van der Waals surface area contributed by atoms with Gasteiger partial charge in [0, 0.05) is 12.0 Å². The van der Waals surface area contributed by atoms with Crippen LogP contribution in [0.5, 0.6) is 11.5 Å². The molecule has 0 amide bonds. The zero-order valence-corrected chi connectivity index (χ0v) is 10.6. The van der Waals surface area contributed by atoms with Crippen LogP contribution in [-0.2, 0) is 11.2 Å². The van der Waals surface area contributed by atoms with Gasteiger partial charge in [-0.3, -0.25) is 0 Å². The monoisotopic (exact) mass is 234 g/mol. The first-order chi connectivity index (χ1) is 8.08. The molecule has 0 aromatic heterocycles. The molecule has 0 unspecified atom stereocenters. The molecule has 0 saturated carbocycles. The molecule has 0 fully saturated rings. The van der Waals surface area contributed by atoms with Crippen LogP contribution in [0, 0.1) is 6.92 Å². The lowest BCUT2D eigenvalue weighted by Gasteiger charge is -2.35. The van der Waals surface area contributed by atoms with E-state index in [-0.39, 0.29) is 5.60 Å². The lowest BCUT2D eigenvalue weighted by Crippen LogP contribution is -2.36. The number of aryl methyl sites for hydroxylation is 1.